The number of ketones is 1. The Kier molecular flexibility index (Phi) is 14.2. The highest BCUT2D eigenvalue weighted by atomic mass is 19.1. The van der Waals surface area contributed by atoms with Crippen molar-refractivity contribution in [3.05, 3.63) is 59.4 Å². The molecular weight excluding hydrogens is 513 g/mol. The number of piperidine rings is 1. The van der Waals surface area contributed by atoms with E-state index < -0.39 is 0 Å². The first-order valence-corrected chi connectivity index (χ1v) is 16.1. The van der Waals surface area contributed by atoms with Crippen LogP contribution in [-0.4, -0.2) is 44.5 Å². The van der Waals surface area contributed by atoms with E-state index in [1.54, 1.807) is 26.4 Å². The molecule has 2 aromatic rings. The van der Waals surface area contributed by atoms with E-state index in [1.165, 1.54) is 81.9 Å². The maximum Gasteiger partial charge on any atom is 0.166 e. The van der Waals surface area contributed by atoms with Crippen LogP contribution < -0.4 is 9.47 Å². The summed E-state index contributed by atoms with van der Waals surface area (Å²) in [6.07, 6.45) is 17.1. The minimum absolute atomic E-state index is 0.0525. The number of halogens is 1. The largest absolute Gasteiger partial charge is 0.493 e. The number of hydrogen-bond donors (Lipinski definition) is 0. The average molecular weight is 568 g/mol. The molecule has 2 aromatic carbocycles. The zero-order chi connectivity index (χ0) is 29.5. The lowest BCUT2D eigenvalue weighted by molar-refractivity contribution is 0.0838. The number of rotatable bonds is 19. The van der Waals surface area contributed by atoms with Gasteiger partial charge in [-0.05, 0) is 99.1 Å². The van der Waals surface area contributed by atoms with E-state index >= 15 is 0 Å². The number of ether oxygens (including phenoxy) is 2. The monoisotopic (exact) mass is 567 g/mol. The van der Waals surface area contributed by atoms with E-state index in [-0.39, 0.29) is 22.9 Å². The lowest BCUT2D eigenvalue weighted by atomic mass is 9.74. The number of carbonyl (C=O) groups excluding carboxylic acids is 1. The highest BCUT2D eigenvalue weighted by molar-refractivity contribution is 5.97. The number of nitrogens with zero attached hydrogens (tertiary/aromatic N) is 1. The Hall–Kier alpha value is -2.40. The number of hydrogen-bond acceptors (Lipinski definition) is 4. The van der Waals surface area contributed by atoms with E-state index in [4.69, 9.17) is 9.47 Å². The summed E-state index contributed by atoms with van der Waals surface area (Å²) >= 11 is 0. The van der Waals surface area contributed by atoms with Gasteiger partial charge in [-0.1, -0.05) is 77.7 Å². The maximum atomic E-state index is 13.2. The van der Waals surface area contributed by atoms with Crippen molar-refractivity contribution in [3.8, 4) is 11.5 Å². The molecule has 1 aliphatic rings. The van der Waals surface area contributed by atoms with Crippen LogP contribution in [0.5, 0.6) is 11.5 Å². The predicted octanol–water partition coefficient (Wildman–Crippen LogP) is 9.40. The molecule has 0 saturated carbocycles. The molecule has 0 spiro atoms. The average Bonchev–Trinajstić information content (AvgIpc) is 3.00. The van der Waals surface area contributed by atoms with Crippen LogP contribution in [-0.2, 0) is 5.41 Å². The summed E-state index contributed by atoms with van der Waals surface area (Å²) in [7, 11) is 3.41. The molecule has 41 heavy (non-hydrogen) atoms. The van der Waals surface area contributed by atoms with E-state index in [1.807, 2.05) is 0 Å². The van der Waals surface area contributed by atoms with Crippen LogP contribution in [0.25, 0.3) is 0 Å². The SMILES string of the molecule is CCCCCCCCCCC(C)(CCCCN1CCC(C(=O)c2ccc(F)cc2)CC1)c1ccc(OC)c(OC)c1. The molecule has 5 heteroatoms. The second kappa shape index (κ2) is 17.5. The first-order chi connectivity index (χ1) is 19.9. The number of Topliss-reactive ketones (excluding diaryl/α,β-unsaturated/α-hetero) is 1. The highest BCUT2D eigenvalue weighted by Crippen LogP contribution is 2.39. The molecular formula is C36H54FNO3. The first kappa shape index (κ1) is 33.1. The van der Waals surface area contributed by atoms with Gasteiger partial charge in [-0.25, -0.2) is 4.39 Å². The Morgan fingerprint density at radius 3 is 2.02 bits per heavy atom. The van der Waals surface area contributed by atoms with E-state index in [0.717, 1.165) is 56.8 Å². The third-order valence-electron chi connectivity index (χ3n) is 9.20. The van der Waals surface area contributed by atoms with Gasteiger partial charge in [-0.3, -0.25) is 4.79 Å². The molecule has 0 aromatic heterocycles. The number of methoxy groups -OCH3 is 2. The van der Waals surface area contributed by atoms with Gasteiger partial charge in [0, 0.05) is 11.5 Å². The number of benzene rings is 2. The Bertz CT molecular complexity index is 1030. The van der Waals surface area contributed by atoms with E-state index in [9.17, 15) is 9.18 Å². The minimum atomic E-state index is -0.295. The summed E-state index contributed by atoms with van der Waals surface area (Å²) in [6, 6.07) is 12.5. The van der Waals surface area contributed by atoms with Crippen molar-refractivity contribution in [1.82, 2.24) is 4.90 Å². The minimum Gasteiger partial charge on any atom is -0.493 e. The molecule has 1 atom stereocenters. The van der Waals surface area contributed by atoms with Crippen LogP contribution in [0, 0.1) is 11.7 Å². The molecule has 1 aliphatic heterocycles. The summed E-state index contributed by atoms with van der Waals surface area (Å²) in [5.74, 6) is 1.52. The zero-order valence-electron chi connectivity index (χ0n) is 26.2. The predicted molar refractivity (Wildman–Crippen MR) is 168 cm³/mol. The number of unbranched alkanes of at least 4 members (excludes halogenated alkanes) is 8. The zero-order valence-corrected chi connectivity index (χ0v) is 26.2. The molecule has 0 N–H and O–H groups in total. The lowest BCUT2D eigenvalue weighted by Gasteiger charge is -2.33. The van der Waals surface area contributed by atoms with Crippen molar-refractivity contribution >= 4 is 5.78 Å². The fraction of sp³-hybridized carbons (Fsp3) is 0.639. The van der Waals surface area contributed by atoms with Gasteiger partial charge < -0.3 is 14.4 Å². The van der Waals surface area contributed by atoms with Crippen LogP contribution in [0.15, 0.2) is 42.5 Å². The van der Waals surface area contributed by atoms with Crippen LogP contribution in [0.4, 0.5) is 4.39 Å². The van der Waals surface area contributed by atoms with Crippen molar-refractivity contribution in [2.24, 2.45) is 5.92 Å². The quantitative estimate of drug-likeness (QED) is 0.125. The molecule has 1 saturated heterocycles. The molecule has 0 amide bonds. The second-order valence-electron chi connectivity index (χ2n) is 12.3. The van der Waals surface area contributed by atoms with Crippen LogP contribution in [0.3, 0.4) is 0 Å². The summed E-state index contributed by atoms with van der Waals surface area (Å²) in [5.41, 5.74) is 2.09. The Labute approximate surface area is 249 Å². The molecule has 0 aliphatic carbocycles. The Morgan fingerprint density at radius 2 is 1.41 bits per heavy atom. The molecule has 0 bridgehead atoms. The summed E-state index contributed by atoms with van der Waals surface area (Å²) in [5, 5.41) is 0. The first-order valence-electron chi connectivity index (χ1n) is 16.1. The lowest BCUT2D eigenvalue weighted by Crippen LogP contribution is -2.37. The smallest absolute Gasteiger partial charge is 0.166 e. The van der Waals surface area contributed by atoms with Crippen molar-refractivity contribution in [3.63, 3.8) is 0 Å². The Morgan fingerprint density at radius 1 is 0.829 bits per heavy atom. The molecule has 1 fully saturated rings. The Balaban J connectivity index is 1.48. The molecule has 3 rings (SSSR count). The van der Waals surface area contributed by atoms with Gasteiger partial charge in [0.25, 0.3) is 0 Å². The molecule has 1 heterocycles. The van der Waals surface area contributed by atoms with Crippen molar-refractivity contribution in [1.29, 1.82) is 0 Å². The van der Waals surface area contributed by atoms with Crippen LogP contribution in [0.2, 0.25) is 0 Å². The van der Waals surface area contributed by atoms with E-state index in [0.29, 0.717) is 5.56 Å². The van der Waals surface area contributed by atoms with Gasteiger partial charge in [-0.15, -0.1) is 0 Å². The van der Waals surface area contributed by atoms with Gasteiger partial charge in [0.05, 0.1) is 14.2 Å². The standard InChI is InChI=1S/C36H54FNO3/c1-5-6-7-8-9-10-11-12-23-36(2,31-17-20-33(40-3)34(28-31)41-4)24-13-14-25-38-26-21-30(22-27-38)35(39)29-15-18-32(37)19-16-29/h15-20,28,30H,5-14,21-27H2,1-4H3. The van der Waals surface area contributed by atoms with Gasteiger partial charge in [0.1, 0.15) is 5.82 Å². The summed E-state index contributed by atoms with van der Waals surface area (Å²) in [6.45, 7) is 7.71. The third kappa shape index (κ3) is 10.4. The summed E-state index contributed by atoms with van der Waals surface area (Å²) < 4.78 is 24.4. The topological polar surface area (TPSA) is 38.8 Å². The van der Waals surface area contributed by atoms with Gasteiger partial charge in [0.2, 0.25) is 0 Å². The molecule has 1 unspecified atom stereocenters. The molecule has 0 radical (unpaired) electrons. The number of likely N-dealkylation sites (tertiary alicyclic amines) is 1. The fourth-order valence-corrected chi connectivity index (χ4v) is 6.39. The van der Waals surface area contributed by atoms with Crippen LogP contribution >= 0.6 is 0 Å². The van der Waals surface area contributed by atoms with Crippen molar-refractivity contribution in [2.75, 3.05) is 33.9 Å². The highest BCUT2D eigenvalue weighted by Gasteiger charge is 2.28. The van der Waals surface area contributed by atoms with Crippen molar-refractivity contribution in [2.45, 2.75) is 109 Å². The summed E-state index contributed by atoms with van der Waals surface area (Å²) in [4.78, 5) is 15.4. The van der Waals surface area contributed by atoms with Gasteiger partial charge >= 0.3 is 0 Å². The van der Waals surface area contributed by atoms with Crippen molar-refractivity contribution < 1.29 is 18.7 Å². The normalized spacial score (nSPS) is 15.9. The van der Waals surface area contributed by atoms with Crippen LogP contribution in [0.1, 0.15) is 120 Å². The maximum absolute atomic E-state index is 13.2. The third-order valence-corrected chi connectivity index (χ3v) is 9.20. The fourth-order valence-electron chi connectivity index (χ4n) is 6.39. The van der Waals surface area contributed by atoms with E-state index in [2.05, 4.69) is 36.9 Å². The number of carbonyl (C=O) groups is 1. The van der Waals surface area contributed by atoms with Gasteiger partial charge in [-0.2, -0.15) is 0 Å². The molecule has 4 nitrogen and oxygen atoms in total. The van der Waals surface area contributed by atoms with Gasteiger partial charge in [0.15, 0.2) is 17.3 Å². The molecule has 228 valence electrons. The second-order valence-corrected chi connectivity index (χ2v) is 12.3.